The number of hydrogen-bond acceptors (Lipinski definition) is 4. The third kappa shape index (κ3) is 8.94. The van der Waals surface area contributed by atoms with Crippen molar-refractivity contribution < 1.29 is 21.9 Å². The standard InChI is InChI=1S/C6H14F2N2O3S.ClH/c1-13-2-3-14(11,12)10-5-6(7,8)4-9;/h10H,2-5,9H2,1H3;1H. The summed E-state index contributed by atoms with van der Waals surface area (Å²) < 4.78 is 53.3. The quantitative estimate of drug-likeness (QED) is 0.656. The minimum atomic E-state index is -3.70. The Morgan fingerprint density at radius 2 is 2.00 bits per heavy atom. The van der Waals surface area contributed by atoms with E-state index in [1.165, 1.54) is 7.11 Å². The molecule has 5 nitrogen and oxygen atoms in total. The van der Waals surface area contributed by atoms with Crippen molar-refractivity contribution >= 4 is 22.4 Å². The van der Waals surface area contributed by atoms with Gasteiger partial charge in [-0.05, 0) is 0 Å². The molecule has 0 unspecified atom stereocenters. The van der Waals surface area contributed by atoms with Gasteiger partial charge in [0.05, 0.1) is 25.4 Å². The van der Waals surface area contributed by atoms with Crippen LogP contribution in [0.3, 0.4) is 0 Å². The Morgan fingerprint density at radius 3 is 2.40 bits per heavy atom. The first-order valence-electron chi connectivity index (χ1n) is 3.87. The van der Waals surface area contributed by atoms with Gasteiger partial charge in [0.2, 0.25) is 10.0 Å². The highest BCUT2D eigenvalue weighted by Gasteiger charge is 2.28. The van der Waals surface area contributed by atoms with Crippen molar-refractivity contribution in [1.29, 1.82) is 0 Å². The molecule has 0 rings (SSSR count). The molecular weight excluding hydrogens is 254 g/mol. The van der Waals surface area contributed by atoms with E-state index in [9.17, 15) is 17.2 Å². The van der Waals surface area contributed by atoms with E-state index in [0.29, 0.717) is 0 Å². The molecule has 0 radical (unpaired) electrons. The predicted octanol–water partition coefficient (Wildman–Crippen LogP) is -0.432. The molecule has 3 N–H and O–H groups in total. The number of rotatable bonds is 7. The Hall–Kier alpha value is -0.0200. The van der Waals surface area contributed by atoms with Crippen LogP contribution in [0.5, 0.6) is 0 Å². The van der Waals surface area contributed by atoms with Crippen molar-refractivity contribution in [2.75, 3.05) is 32.6 Å². The lowest BCUT2D eigenvalue weighted by Crippen LogP contribution is -2.42. The smallest absolute Gasteiger partial charge is 0.273 e. The Morgan fingerprint density at radius 1 is 1.47 bits per heavy atom. The molecule has 0 aromatic rings. The fourth-order valence-corrected chi connectivity index (χ4v) is 1.51. The molecule has 0 aromatic heterocycles. The lowest BCUT2D eigenvalue weighted by Gasteiger charge is -2.14. The lowest BCUT2D eigenvalue weighted by atomic mass is 10.3. The molecule has 0 aliphatic carbocycles. The van der Waals surface area contributed by atoms with Crippen LogP contribution in [-0.4, -0.2) is 46.9 Å². The minimum Gasteiger partial charge on any atom is -0.384 e. The van der Waals surface area contributed by atoms with E-state index in [2.05, 4.69) is 4.74 Å². The van der Waals surface area contributed by atoms with Crippen LogP contribution in [0.2, 0.25) is 0 Å². The van der Waals surface area contributed by atoms with Crippen LogP contribution >= 0.6 is 12.4 Å². The summed E-state index contributed by atoms with van der Waals surface area (Å²) in [5.41, 5.74) is 4.73. The molecule has 0 spiro atoms. The SMILES string of the molecule is COCCS(=O)(=O)NCC(F)(F)CN.Cl. The summed E-state index contributed by atoms with van der Waals surface area (Å²) in [5.74, 6) is -3.55. The Balaban J connectivity index is 0. The highest BCUT2D eigenvalue weighted by Crippen LogP contribution is 2.09. The average Bonchev–Trinajstić information content (AvgIpc) is 2.12. The number of methoxy groups -OCH3 is 1. The average molecular weight is 269 g/mol. The predicted molar refractivity (Wildman–Crippen MR) is 54.9 cm³/mol. The molecule has 0 aliphatic rings. The summed E-state index contributed by atoms with van der Waals surface area (Å²) in [5, 5.41) is 0. The number of halogens is 3. The zero-order valence-electron chi connectivity index (χ0n) is 8.20. The maximum atomic E-state index is 12.5. The molecule has 0 aromatic carbocycles. The van der Waals surface area contributed by atoms with Gasteiger partial charge in [-0.1, -0.05) is 0 Å². The van der Waals surface area contributed by atoms with Crippen LogP contribution in [0.4, 0.5) is 8.78 Å². The second kappa shape index (κ2) is 7.29. The van der Waals surface area contributed by atoms with E-state index >= 15 is 0 Å². The second-order valence-electron chi connectivity index (χ2n) is 2.69. The number of sulfonamides is 1. The molecule has 0 amide bonds. The lowest BCUT2D eigenvalue weighted by molar-refractivity contribution is 0.0170. The van der Waals surface area contributed by atoms with Gasteiger partial charge in [0.25, 0.3) is 5.92 Å². The Bertz CT molecular complexity index is 261. The number of ether oxygens (including phenoxy) is 1. The zero-order chi connectivity index (χ0) is 11.2. The van der Waals surface area contributed by atoms with Gasteiger partial charge in [0.15, 0.2) is 0 Å². The number of alkyl halides is 2. The Labute approximate surface area is 93.8 Å². The zero-order valence-corrected chi connectivity index (χ0v) is 9.84. The largest absolute Gasteiger partial charge is 0.384 e. The summed E-state index contributed by atoms with van der Waals surface area (Å²) in [6, 6.07) is 0. The van der Waals surface area contributed by atoms with E-state index < -0.39 is 29.0 Å². The molecule has 0 saturated carbocycles. The van der Waals surface area contributed by atoms with Crippen molar-refractivity contribution in [2.45, 2.75) is 5.92 Å². The second-order valence-corrected chi connectivity index (χ2v) is 4.62. The van der Waals surface area contributed by atoms with Crippen LogP contribution < -0.4 is 10.5 Å². The van der Waals surface area contributed by atoms with Gasteiger partial charge in [-0.2, -0.15) is 0 Å². The summed E-state index contributed by atoms with van der Waals surface area (Å²) in [7, 11) is -2.37. The van der Waals surface area contributed by atoms with Gasteiger partial charge in [-0.15, -0.1) is 12.4 Å². The summed E-state index contributed by atoms with van der Waals surface area (Å²) in [6.45, 7) is -1.90. The monoisotopic (exact) mass is 268 g/mol. The normalized spacial score (nSPS) is 12.3. The topological polar surface area (TPSA) is 81.4 Å². The van der Waals surface area contributed by atoms with Crippen LogP contribution in [0.1, 0.15) is 0 Å². The first-order chi connectivity index (χ1) is 6.33. The molecule has 0 fully saturated rings. The fourth-order valence-electron chi connectivity index (χ4n) is 0.553. The molecule has 0 aliphatic heterocycles. The van der Waals surface area contributed by atoms with Crippen LogP contribution in [-0.2, 0) is 14.8 Å². The summed E-state index contributed by atoms with van der Waals surface area (Å²) >= 11 is 0. The van der Waals surface area contributed by atoms with E-state index in [4.69, 9.17) is 5.73 Å². The maximum Gasteiger partial charge on any atom is 0.273 e. The molecule has 0 saturated heterocycles. The van der Waals surface area contributed by atoms with Crippen LogP contribution in [0.15, 0.2) is 0 Å². The van der Waals surface area contributed by atoms with Gasteiger partial charge < -0.3 is 10.5 Å². The van der Waals surface area contributed by atoms with Crippen LogP contribution in [0.25, 0.3) is 0 Å². The van der Waals surface area contributed by atoms with Gasteiger partial charge in [-0.25, -0.2) is 21.9 Å². The van der Waals surface area contributed by atoms with E-state index in [1.54, 1.807) is 4.72 Å². The van der Waals surface area contributed by atoms with Crippen molar-refractivity contribution in [3.63, 3.8) is 0 Å². The van der Waals surface area contributed by atoms with Gasteiger partial charge in [-0.3, -0.25) is 0 Å². The third-order valence-corrected chi connectivity index (χ3v) is 2.69. The minimum absolute atomic E-state index is 0. The van der Waals surface area contributed by atoms with Crippen LogP contribution in [0, 0.1) is 0 Å². The van der Waals surface area contributed by atoms with E-state index in [1.807, 2.05) is 0 Å². The molecular formula is C6H15ClF2N2O3S. The third-order valence-electron chi connectivity index (χ3n) is 1.41. The summed E-state index contributed by atoms with van der Waals surface area (Å²) in [4.78, 5) is 0. The first kappa shape index (κ1) is 17.4. The number of nitrogens with one attached hydrogen (secondary N) is 1. The molecule has 0 atom stereocenters. The highest BCUT2D eigenvalue weighted by atomic mass is 35.5. The number of nitrogens with two attached hydrogens (primary N) is 1. The molecule has 94 valence electrons. The maximum absolute atomic E-state index is 12.5. The molecule has 9 heteroatoms. The fraction of sp³-hybridized carbons (Fsp3) is 1.00. The Kier molecular flexibility index (Phi) is 8.44. The first-order valence-corrected chi connectivity index (χ1v) is 5.52. The summed E-state index contributed by atoms with van der Waals surface area (Å²) in [6.07, 6.45) is 0. The van der Waals surface area contributed by atoms with Crippen molar-refractivity contribution in [2.24, 2.45) is 5.73 Å². The van der Waals surface area contributed by atoms with E-state index in [-0.39, 0.29) is 24.8 Å². The molecule has 0 bridgehead atoms. The van der Waals surface area contributed by atoms with Gasteiger partial charge in [0.1, 0.15) is 0 Å². The highest BCUT2D eigenvalue weighted by molar-refractivity contribution is 7.89. The molecule has 0 heterocycles. The van der Waals surface area contributed by atoms with Crippen molar-refractivity contribution in [1.82, 2.24) is 4.72 Å². The number of hydrogen-bond donors (Lipinski definition) is 2. The van der Waals surface area contributed by atoms with Gasteiger partial charge in [0, 0.05) is 7.11 Å². The molecule has 15 heavy (non-hydrogen) atoms. The van der Waals surface area contributed by atoms with E-state index in [0.717, 1.165) is 0 Å². The van der Waals surface area contributed by atoms with Crippen molar-refractivity contribution in [3.8, 4) is 0 Å². The van der Waals surface area contributed by atoms with Gasteiger partial charge >= 0.3 is 0 Å². The van der Waals surface area contributed by atoms with Crippen molar-refractivity contribution in [3.05, 3.63) is 0 Å².